The molecule has 0 saturated heterocycles. The first-order valence-corrected chi connectivity index (χ1v) is 5.49. The van der Waals surface area contributed by atoms with Crippen LogP contribution in [0.15, 0.2) is 42.5 Å². The van der Waals surface area contributed by atoms with Crippen molar-refractivity contribution in [2.75, 3.05) is 11.9 Å². The summed E-state index contributed by atoms with van der Waals surface area (Å²) >= 11 is 0. The fourth-order valence-electron chi connectivity index (χ4n) is 2.14. The fraction of sp³-hybridized carbons (Fsp3) is 0.143. The molecule has 0 aromatic heterocycles. The normalized spacial score (nSPS) is 13.2. The van der Waals surface area contributed by atoms with Gasteiger partial charge in [0.1, 0.15) is 5.75 Å². The predicted molar refractivity (Wildman–Crippen MR) is 65.7 cm³/mol. The molecule has 2 nitrogen and oxygen atoms in total. The van der Waals surface area contributed by atoms with Crippen molar-refractivity contribution >= 4 is 5.69 Å². The van der Waals surface area contributed by atoms with E-state index in [1.165, 1.54) is 16.8 Å². The van der Waals surface area contributed by atoms with Crippen LogP contribution in [0.3, 0.4) is 0 Å². The summed E-state index contributed by atoms with van der Waals surface area (Å²) in [5, 5.41) is 12.6. The van der Waals surface area contributed by atoms with Crippen molar-refractivity contribution < 1.29 is 5.11 Å². The van der Waals surface area contributed by atoms with Gasteiger partial charge in [-0.25, -0.2) is 0 Å². The van der Waals surface area contributed by atoms with Gasteiger partial charge in [0.25, 0.3) is 0 Å². The van der Waals surface area contributed by atoms with Crippen molar-refractivity contribution in [3.05, 3.63) is 48.0 Å². The SMILES string of the molecule is Oc1ccc(-c2ccc3c(c2)CCN3)cc1. The van der Waals surface area contributed by atoms with E-state index in [9.17, 15) is 5.11 Å². The second-order valence-electron chi connectivity index (χ2n) is 4.10. The molecule has 3 rings (SSSR count). The van der Waals surface area contributed by atoms with E-state index in [2.05, 4.69) is 23.5 Å². The topological polar surface area (TPSA) is 32.3 Å². The maximum Gasteiger partial charge on any atom is 0.115 e. The molecule has 2 N–H and O–H groups in total. The van der Waals surface area contributed by atoms with Gasteiger partial charge in [-0.15, -0.1) is 0 Å². The lowest BCUT2D eigenvalue weighted by Crippen LogP contribution is -1.90. The first kappa shape index (κ1) is 9.28. The van der Waals surface area contributed by atoms with Crippen LogP contribution in [0.25, 0.3) is 11.1 Å². The Balaban J connectivity index is 2.03. The third-order valence-electron chi connectivity index (χ3n) is 3.02. The number of benzene rings is 2. The molecule has 2 aromatic rings. The van der Waals surface area contributed by atoms with E-state index in [1.54, 1.807) is 12.1 Å². The second-order valence-corrected chi connectivity index (χ2v) is 4.10. The van der Waals surface area contributed by atoms with Gasteiger partial charge in [0.15, 0.2) is 0 Å². The summed E-state index contributed by atoms with van der Waals surface area (Å²) in [6, 6.07) is 13.8. The quantitative estimate of drug-likeness (QED) is 0.760. The minimum absolute atomic E-state index is 0.312. The number of phenolic OH excluding ortho intramolecular Hbond substituents is 1. The maximum absolute atomic E-state index is 9.25. The van der Waals surface area contributed by atoms with Gasteiger partial charge >= 0.3 is 0 Å². The summed E-state index contributed by atoms with van der Waals surface area (Å²) in [4.78, 5) is 0. The maximum atomic E-state index is 9.25. The molecule has 1 heterocycles. The number of rotatable bonds is 1. The molecule has 2 heteroatoms. The van der Waals surface area contributed by atoms with Crippen molar-refractivity contribution in [2.24, 2.45) is 0 Å². The zero-order valence-electron chi connectivity index (χ0n) is 8.90. The number of nitrogens with one attached hydrogen (secondary N) is 1. The van der Waals surface area contributed by atoms with Crippen molar-refractivity contribution in [2.45, 2.75) is 6.42 Å². The van der Waals surface area contributed by atoms with E-state index in [4.69, 9.17) is 0 Å². The molecular formula is C14H13NO. The van der Waals surface area contributed by atoms with Gasteiger partial charge in [0.2, 0.25) is 0 Å². The first-order valence-electron chi connectivity index (χ1n) is 5.49. The highest BCUT2D eigenvalue weighted by atomic mass is 16.3. The molecule has 0 unspecified atom stereocenters. The zero-order valence-corrected chi connectivity index (χ0v) is 8.90. The van der Waals surface area contributed by atoms with Gasteiger partial charge < -0.3 is 10.4 Å². The van der Waals surface area contributed by atoms with Gasteiger partial charge in [-0.05, 0) is 47.4 Å². The van der Waals surface area contributed by atoms with E-state index in [0.29, 0.717) is 5.75 Å². The van der Waals surface area contributed by atoms with Crippen molar-refractivity contribution in [3.63, 3.8) is 0 Å². The molecule has 1 aliphatic rings. The third kappa shape index (κ3) is 1.52. The Labute approximate surface area is 94.6 Å². The molecule has 16 heavy (non-hydrogen) atoms. The standard InChI is InChI=1S/C14H13NO/c16-13-4-1-10(2-5-13)11-3-6-14-12(9-11)7-8-15-14/h1-6,9,15-16H,7-8H2. The Morgan fingerprint density at radius 3 is 2.50 bits per heavy atom. The van der Waals surface area contributed by atoms with Crippen LogP contribution in [-0.2, 0) is 6.42 Å². The van der Waals surface area contributed by atoms with E-state index in [1.807, 2.05) is 12.1 Å². The van der Waals surface area contributed by atoms with E-state index in [-0.39, 0.29) is 0 Å². The van der Waals surface area contributed by atoms with Gasteiger partial charge in [0, 0.05) is 12.2 Å². The molecule has 0 fully saturated rings. The summed E-state index contributed by atoms with van der Waals surface area (Å²) in [5.41, 5.74) is 4.99. The highest BCUT2D eigenvalue weighted by molar-refractivity contribution is 5.70. The largest absolute Gasteiger partial charge is 0.508 e. The van der Waals surface area contributed by atoms with Crippen LogP contribution in [-0.4, -0.2) is 11.7 Å². The van der Waals surface area contributed by atoms with Crippen LogP contribution in [0, 0.1) is 0 Å². The highest BCUT2D eigenvalue weighted by Gasteiger charge is 2.10. The summed E-state index contributed by atoms with van der Waals surface area (Å²) in [7, 11) is 0. The number of anilines is 1. The summed E-state index contributed by atoms with van der Waals surface area (Å²) in [6.07, 6.45) is 1.10. The molecule has 80 valence electrons. The molecule has 0 spiro atoms. The van der Waals surface area contributed by atoms with Gasteiger partial charge in [-0.1, -0.05) is 18.2 Å². The van der Waals surface area contributed by atoms with Crippen LogP contribution in [0.4, 0.5) is 5.69 Å². The molecule has 0 bridgehead atoms. The molecule has 0 aliphatic carbocycles. The number of hydrogen-bond donors (Lipinski definition) is 2. The summed E-state index contributed by atoms with van der Waals surface area (Å²) < 4.78 is 0. The van der Waals surface area contributed by atoms with Crippen molar-refractivity contribution in [1.29, 1.82) is 0 Å². The second kappa shape index (κ2) is 3.56. The molecule has 0 radical (unpaired) electrons. The Morgan fingerprint density at radius 2 is 1.69 bits per heavy atom. The first-order chi connectivity index (χ1) is 7.83. The van der Waals surface area contributed by atoms with Crippen LogP contribution in [0.2, 0.25) is 0 Å². The van der Waals surface area contributed by atoms with E-state index < -0.39 is 0 Å². The zero-order chi connectivity index (χ0) is 11.0. The monoisotopic (exact) mass is 211 g/mol. The summed E-state index contributed by atoms with van der Waals surface area (Å²) in [6.45, 7) is 1.04. The van der Waals surface area contributed by atoms with Crippen LogP contribution >= 0.6 is 0 Å². The van der Waals surface area contributed by atoms with Gasteiger partial charge in [-0.3, -0.25) is 0 Å². The van der Waals surface area contributed by atoms with Gasteiger partial charge in [0.05, 0.1) is 0 Å². The third-order valence-corrected chi connectivity index (χ3v) is 3.02. The lowest BCUT2D eigenvalue weighted by atomic mass is 10.0. The summed E-state index contributed by atoms with van der Waals surface area (Å²) in [5.74, 6) is 0.312. The van der Waals surface area contributed by atoms with Crippen molar-refractivity contribution in [3.8, 4) is 16.9 Å². The van der Waals surface area contributed by atoms with Crippen LogP contribution < -0.4 is 5.32 Å². The smallest absolute Gasteiger partial charge is 0.115 e. The minimum atomic E-state index is 0.312. The predicted octanol–water partition coefficient (Wildman–Crippen LogP) is 3.03. The Kier molecular flexibility index (Phi) is 2.07. The molecular weight excluding hydrogens is 198 g/mol. The van der Waals surface area contributed by atoms with E-state index in [0.717, 1.165) is 18.5 Å². The average molecular weight is 211 g/mol. The Hall–Kier alpha value is -1.96. The highest BCUT2D eigenvalue weighted by Crippen LogP contribution is 2.29. The Morgan fingerprint density at radius 1 is 0.938 bits per heavy atom. The average Bonchev–Trinajstić information content (AvgIpc) is 2.77. The van der Waals surface area contributed by atoms with Gasteiger partial charge in [-0.2, -0.15) is 0 Å². The molecule has 2 aromatic carbocycles. The molecule has 0 atom stereocenters. The number of hydrogen-bond acceptors (Lipinski definition) is 2. The number of phenols is 1. The van der Waals surface area contributed by atoms with Crippen LogP contribution in [0.1, 0.15) is 5.56 Å². The number of fused-ring (bicyclic) bond motifs is 1. The molecule has 0 amide bonds. The Bertz CT molecular complexity index is 517. The minimum Gasteiger partial charge on any atom is -0.508 e. The molecule has 0 saturated carbocycles. The van der Waals surface area contributed by atoms with E-state index >= 15 is 0 Å². The molecule has 1 aliphatic heterocycles. The lowest BCUT2D eigenvalue weighted by molar-refractivity contribution is 0.475. The van der Waals surface area contributed by atoms with Crippen LogP contribution in [0.5, 0.6) is 5.75 Å². The number of aromatic hydroxyl groups is 1. The lowest BCUT2D eigenvalue weighted by Gasteiger charge is -2.05. The van der Waals surface area contributed by atoms with Crippen molar-refractivity contribution in [1.82, 2.24) is 0 Å². The fourth-order valence-corrected chi connectivity index (χ4v) is 2.14.